The van der Waals surface area contributed by atoms with Crippen LogP contribution in [0.1, 0.15) is 31.1 Å². The van der Waals surface area contributed by atoms with E-state index in [0.717, 1.165) is 21.4 Å². The highest BCUT2D eigenvalue weighted by Crippen LogP contribution is 2.35. The van der Waals surface area contributed by atoms with E-state index < -0.39 is 17.8 Å². The van der Waals surface area contributed by atoms with E-state index in [2.05, 4.69) is 4.98 Å². The Morgan fingerprint density at radius 2 is 1.72 bits per heavy atom. The highest BCUT2D eigenvalue weighted by Gasteiger charge is 2.38. The number of nitrogens with zero attached hydrogens (tertiary/aromatic N) is 2. The number of aromatic nitrogens is 1. The summed E-state index contributed by atoms with van der Waals surface area (Å²) in [6.07, 6.45) is 1.60. The summed E-state index contributed by atoms with van der Waals surface area (Å²) in [6.45, 7) is 0. The molecule has 1 aromatic heterocycles. The molecular weight excluding hydrogens is 340 g/mol. The summed E-state index contributed by atoms with van der Waals surface area (Å²) in [6, 6.07) is 13.2. The number of fused-ring (bicyclic) bond motifs is 1. The number of imide groups is 1. The molecule has 0 spiro atoms. The van der Waals surface area contributed by atoms with Crippen LogP contribution >= 0.6 is 11.3 Å². The van der Waals surface area contributed by atoms with Gasteiger partial charge in [-0.15, -0.1) is 0 Å². The summed E-state index contributed by atoms with van der Waals surface area (Å²) in [7, 11) is 0. The van der Waals surface area contributed by atoms with Crippen LogP contribution in [0.15, 0.2) is 54.7 Å². The van der Waals surface area contributed by atoms with E-state index in [1.165, 1.54) is 23.5 Å². The van der Waals surface area contributed by atoms with E-state index in [1.54, 1.807) is 6.20 Å². The fourth-order valence-corrected chi connectivity index (χ4v) is 3.56. The molecule has 0 N–H and O–H groups in total. The van der Waals surface area contributed by atoms with Crippen molar-refractivity contribution in [2.24, 2.45) is 0 Å². The molecule has 0 aliphatic carbocycles. The number of amides is 2. The minimum Gasteiger partial charge on any atom is -0.545 e. The summed E-state index contributed by atoms with van der Waals surface area (Å²) < 4.78 is 0. The number of rotatable bonds is 3. The van der Waals surface area contributed by atoms with Gasteiger partial charge in [-0.25, -0.2) is 9.88 Å². The average molecular weight is 349 g/mol. The topological polar surface area (TPSA) is 90.4 Å². The number of thiazole rings is 1. The second-order valence-corrected chi connectivity index (χ2v) is 6.38. The molecule has 2 amide bonds. The lowest BCUT2D eigenvalue weighted by Gasteiger charge is -2.08. The molecule has 1 aliphatic heterocycles. The number of benzene rings is 2. The van der Waals surface area contributed by atoms with Crippen molar-refractivity contribution in [1.82, 2.24) is 4.98 Å². The van der Waals surface area contributed by atoms with Gasteiger partial charge in [-0.2, -0.15) is 0 Å². The predicted octanol–water partition coefficient (Wildman–Crippen LogP) is 1.97. The number of carbonyl (C=O) groups excluding carboxylic acids is 3. The molecule has 0 saturated carbocycles. The fraction of sp³-hybridized carbons (Fsp3) is 0. The molecule has 7 heteroatoms. The van der Waals surface area contributed by atoms with Crippen molar-refractivity contribution in [2.75, 3.05) is 4.90 Å². The van der Waals surface area contributed by atoms with Crippen molar-refractivity contribution in [1.29, 1.82) is 0 Å². The molecule has 6 nitrogen and oxygen atoms in total. The molecule has 0 fully saturated rings. The second-order valence-electron chi connectivity index (χ2n) is 5.37. The first-order valence-electron chi connectivity index (χ1n) is 7.31. The molecule has 122 valence electrons. The fourth-order valence-electron chi connectivity index (χ4n) is 2.65. The van der Waals surface area contributed by atoms with Gasteiger partial charge < -0.3 is 9.90 Å². The van der Waals surface area contributed by atoms with Crippen LogP contribution in [0.5, 0.6) is 0 Å². The van der Waals surface area contributed by atoms with Crippen LogP contribution in [0.4, 0.5) is 5.13 Å². The van der Waals surface area contributed by atoms with Gasteiger partial charge in [0.2, 0.25) is 0 Å². The van der Waals surface area contributed by atoms with Crippen molar-refractivity contribution in [3.05, 3.63) is 71.4 Å². The van der Waals surface area contributed by atoms with Crippen molar-refractivity contribution in [3.8, 4) is 10.4 Å². The number of carboxylic acids is 1. The normalized spacial score (nSPS) is 13.2. The van der Waals surface area contributed by atoms with Gasteiger partial charge in [0.25, 0.3) is 11.8 Å². The summed E-state index contributed by atoms with van der Waals surface area (Å²) in [5.41, 5.74) is 0.989. The number of hydrogen-bond acceptors (Lipinski definition) is 6. The molecule has 2 aromatic carbocycles. The van der Waals surface area contributed by atoms with Crippen molar-refractivity contribution >= 4 is 34.3 Å². The quantitative estimate of drug-likeness (QED) is 0.674. The summed E-state index contributed by atoms with van der Waals surface area (Å²) in [5.74, 6) is -2.50. The largest absolute Gasteiger partial charge is 0.545 e. The molecule has 25 heavy (non-hydrogen) atoms. The van der Waals surface area contributed by atoms with Gasteiger partial charge in [-0.05, 0) is 23.3 Å². The minimum absolute atomic E-state index is 0.0446. The Bertz CT molecular complexity index is 1030. The Hall–Kier alpha value is -3.32. The van der Waals surface area contributed by atoms with E-state index >= 15 is 0 Å². The van der Waals surface area contributed by atoms with Crippen LogP contribution in [0.2, 0.25) is 0 Å². The lowest BCUT2D eigenvalue weighted by atomic mass is 10.1. The third-order valence-corrected chi connectivity index (χ3v) is 4.90. The third-order valence-electron chi connectivity index (χ3n) is 3.87. The lowest BCUT2D eigenvalue weighted by Crippen LogP contribution is -2.29. The summed E-state index contributed by atoms with van der Waals surface area (Å²) in [4.78, 5) is 42.1. The Kier molecular flexibility index (Phi) is 3.43. The lowest BCUT2D eigenvalue weighted by molar-refractivity contribution is -0.255. The number of anilines is 1. The SMILES string of the molecule is O=C([O-])c1ccc2c(c1)C(=O)N(c1ncc(-c3ccccc3)s1)C2=O. The maximum Gasteiger partial charge on any atom is 0.268 e. The van der Waals surface area contributed by atoms with E-state index in [4.69, 9.17) is 0 Å². The highest BCUT2D eigenvalue weighted by molar-refractivity contribution is 7.19. The van der Waals surface area contributed by atoms with Crippen LogP contribution in [-0.4, -0.2) is 22.8 Å². The van der Waals surface area contributed by atoms with Gasteiger partial charge in [0.1, 0.15) is 0 Å². The van der Waals surface area contributed by atoms with E-state index in [-0.39, 0.29) is 21.8 Å². The van der Waals surface area contributed by atoms with Crippen LogP contribution in [-0.2, 0) is 0 Å². The van der Waals surface area contributed by atoms with Crippen molar-refractivity contribution < 1.29 is 19.5 Å². The van der Waals surface area contributed by atoms with Gasteiger partial charge in [-0.1, -0.05) is 47.7 Å². The Labute approximate surface area is 146 Å². The number of carboxylic acid groups (broad SMARTS) is 1. The van der Waals surface area contributed by atoms with Crippen LogP contribution in [0.25, 0.3) is 10.4 Å². The smallest absolute Gasteiger partial charge is 0.268 e. The molecule has 3 aromatic rings. The first kappa shape index (κ1) is 15.2. The van der Waals surface area contributed by atoms with Gasteiger partial charge in [0.15, 0.2) is 5.13 Å². The molecule has 1 aliphatic rings. The van der Waals surface area contributed by atoms with Crippen LogP contribution < -0.4 is 10.0 Å². The van der Waals surface area contributed by atoms with Crippen molar-refractivity contribution in [3.63, 3.8) is 0 Å². The number of carbonyl (C=O) groups is 3. The first-order chi connectivity index (χ1) is 12.1. The third kappa shape index (κ3) is 2.41. The van der Waals surface area contributed by atoms with Gasteiger partial charge in [0.05, 0.1) is 22.0 Å². The zero-order chi connectivity index (χ0) is 17.6. The maximum atomic E-state index is 12.6. The summed E-state index contributed by atoms with van der Waals surface area (Å²) in [5, 5.41) is 11.2. The Morgan fingerprint density at radius 1 is 1.00 bits per heavy atom. The van der Waals surface area contributed by atoms with Crippen LogP contribution in [0.3, 0.4) is 0 Å². The van der Waals surface area contributed by atoms with Crippen molar-refractivity contribution in [2.45, 2.75) is 0 Å². The number of hydrogen-bond donors (Lipinski definition) is 0. The Balaban J connectivity index is 1.73. The average Bonchev–Trinajstić information content (AvgIpc) is 3.19. The minimum atomic E-state index is -1.40. The molecule has 0 bridgehead atoms. The molecule has 0 radical (unpaired) electrons. The zero-order valence-electron chi connectivity index (χ0n) is 12.6. The molecule has 0 saturated heterocycles. The first-order valence-corrected chi connectivity index (χ1v) is 8.13. The molecule has 0 atom stereocenters. The molecule has 0 unspecified atom stereocenters. The van der Waals surface area contributed by atoms with E-state index in [0.29, 0.717) is 0 Å². The van der Waals surface area contributed by atoms with E-state index in [1.807, 2.05) is 30.3 Å². The van der Waals surface area contributed by atoms with Gasteiger partial charge in [0, 0.05) is 6.20 Å². The van der Waals surface area contributed by atoms with Crippen LogP contribution in [0, 0.1) is 0 Å². The van der Waals surface area contributed by atoms with Gasteiger partial charge >= 0.3 is 0 Å². The highest BCUT2D eigenvalue weighted by atomic mass is 32.1. The predicted molar refractivity (Wildman–Crippen MR) is 89.5 cm³/mol. The number of aromatic carboxylic acids is 1. The second kappa shape index (κ2) is 5.64. The molecule has 4 rings (SSSR count). The Morgan fingerprint density at radius 3 is 2.44 bits per heavy atom. The summed E-state index contributed by atoms with van der Waals surface area (Å²) >= 11 is 1.22. The standard InChI is InChI=1S/C18H10N2O4S/c21-15-12-7-6-11(17(23)24)8-13(12)16(22)20(15)18-19-9-14(25-18)10-4-2-1-3-5-10/h1-9H,(H,23,24)/p-1. The zero-order valence-corrected chi connectivity index (χ0v) is 13.4. The molecular formula is C18H9N2O4S-. The molecule has 2 heterocycles. The van der Waals surface area contributed by atoms with E-state index in [9.17, 15) is 19.5 Å². The van der Waals surface area contributed by atoms with Gasteiger partial charge in [-0.3, -0.25) is 9.59 Å². The monoisotopic (exact) mass is 349 g/mol. The maximum absolute atomic E-state index is 12.6.